The molecule has 6 heteroatoms. The number of halogens is 1. The molecule has 1 aromatic heterocycles. The number of benzene rings is 1. The van der Waals surface area contributed by atoms with Crippen LogP contribution in [0.1, 0.15) is 12.6 Å². The van der Waals surface area contributed by atoms with E-state index in [9.17, 15) is 4.79 Å². The van der Waals surface area contributed by atoms with Gasteiger partial charge in [0, 0.05) is 11.2 Å². The van der Waals surface area contributed by atoms with Crippen molar-refractivity contribution < 1.29 is 9.53 Å². The lowest BCUT2D eigenvalue weighted by Gasteiger charge is -2.05. The van der Waals surface area contributed by atoms with Crippen LogP contribution >= 0.6 is 11.6 Å². The first-order chi connectivity index (χ1) is 9.65. The Kier molecular flexibility index (Phi) is 4.79. The molecule has 0 spiro atoms. The number of H-pyrrole nitrogens is 1. The topological polar surface area (TPSA) is 66.5 Å². The van der Waals surface area contributed by atoms with Crippen LogP contribution in [0.4, 0.5) is 0 Å². The minimum atomic E-state index is -0.328. The van der Waals surface area contributed by atoms with E-state index in [0.717, 1.165) is 5.69 Å². The molecule has 104 valence electrons. The first-order valence-corrected chi connectivity index (χ1v) is 6.38. The number of rotatable bonds is 5. The maximum Gasteiger partial charge on any atom is 0.277 e. The Labute approximate surface area is 121 Å². The van der Waals surface area contributed by atoms with Crippen LogP contribution in [0.5, 0.6) is 5.75 Å². The van der Waals surface area contributed by atoms with Crippen molar-refractivity contribution >= 4 is 23.2 Å². The average molecular weight is 292 g/mol. The number of carbonyl (C=O) groups excluding carboxylic acids is 1. The van der Waals surface area contributed by atoms with E-state index in [1.807, 2.05) is 12.1 Å². The SMILES string of the molecule is C/C(=N\NC(=O)COc1ccc(Cl)cc1)c1ccc[nH]1. The molecule has 0 aliphatic carbocycles. The summed E-state index contributed by atoms with van der Waals surface area (Å²) in [5.74, 6) is 0.250. The first kappa shape index (κ1) is 14.1. The Balaban J connectivity index is 1.81. The second-order valence-electron chi connectivity index (χ2n) is 4.06. The van der Waals surface area contributed by atoms with Crippen LogP contribution in [0.15, 0.2) is 47.7 Å². The number of nitrogens with one attached hydrogen (secondary N) is 2. The van der Waals surface area contributed by atoms with E-state index >= 15 is 0 Å². The summed E-state index contributed by atoms with van der Waals surface area (Å²) in [5, 5.41) is 4.60. The molecule has 0 unspecified atom stereocenters. The zero-order valence-electron chi connectivity index (χ0n) is 10.9. The Morgan fingerprint density at radius 3 is 2.75 bits per heavy atom. The maximum absolute atomic E-state index is 11.6. The standard InChI is InChI=1S/C14H14ClN3O2/c1-10(13-3-2-8-16-13)17-18-14(19)9-20-12-6-4-11(15)5-7-12/h2-8,16H,9H2,1H3,(H,18,19)/b17-10+. The molecule has 0 aliphatic rings. The summed E-state index contributed by atoms with van der Waals surface area (Å²) >= 11 is 5.75. The number of ether oxygens (including phenoxy) is 1. The van der Waals surface area contributed by atoms with Gasteiger partial charge in [-0.05, 0) is 43.3 Å². The second kappa shape index (κ2) is 6.77. The van der Waals surface area contributed by atoms with Crippen molar-refractivity contribution in [3.63, 3.8) is 0 Å². The summed E-state index contributed by atoms with van der Waals surface area (Å²) in [5.41, 5.74) is 3.97. The van der Waals surface area contributed by atoms with Crippen LogP contribution in [-0.2, 0) is 4.79 Å². The number of hydrogen-bond donors (Lipinski definition) is 2. The zero-order chi connectivity index (χ0) is 14.4. The van der Waals surface area contributed by atoms with Crippen molar-refractivity contribution in [2.75, 3.05) is 6.61 Å². The van der Waals surface area contributed by atoms with E-state index in [4.69, 9.17) is 16.3 Å². The lowest BCUT2D eigenvalue weighted by Crippen LogP contribution is -2.25. The molecule has 0 saturated carbocycles. The molecular formula is C14H14ClN3O2. The molecule has 0 aliphatic heterocycles. The van der Waals surface area contributed by atoms with Crippen LogP contribution < -0.4 is 10.2 Å². The third kappa shape index (κ3) is 4.13. The molecule has 2 rings (SSSR count). The number of hydrazone groups is 1. The van der Waals surface area contributed by atoms with Gasteiger partial charge in [-0.1, -0.05) is 11.6 Å². The van der Waals surface area contributed by atoms with Crippen molar-refractivity contribution in [3.8, 4) is 5.75 Å². The van der Waals surface area contributed by atoms with Crippen LogP contribution in [0.25, 0.3) is 0 Å². The third-order valence-corrected chi connectivity index (χ3v) is 2.77. The quantitative estimate of drug-likeness (QED) is 0.657. The fraction of sp³-hybridized carbons (Fsp3) is 0.143. The number of aromatic amines is 1. The number of carbonyl (C=O) groups is 1. The van der Waals surface area contributed by atoms with Gasteiger partial charge in [0.05, 0.1) is 11.4 Å². The van der Waals surface area contributed by atoms with Crippen LogP contribution in [0.3, 0.4) is 0 Å². The fourth-order valence-electron chi connectivity index (χ4n) is 1.47. The third-order valence-electron chi connectivity index (χ3n) is 2.52. The van der Waals surface area contributed by atoms with Gasteiger partial charge >= 0.3 is 0 Å². The minimum absolute atomic E-state index is 0.108. The van der Waals surface area contributed by atoms with Gasteiger partial charge in [-0.15, -0.1) is 0 Å². The number of hydrogen-bond acceptors (Lipinski definition) is 3. The van der Waals surface area contributed by atoms with Crippen molar-refractivity contribution in [2.24, 2.45) is 5.10 Å². The van der Waals surface area contributed by atoms with Crippen LogP contribution in [0, 0.1) is 0 Å². The van der Waals surface area contributed by atoms with Crippen molar-refractivity contribution in [2.45, 2.75) is 6.92 Å². The number of amides is 1. The Morgan fingerprint density at radius 1 is 1.35 bits per heavy atom. The van der Waals surface area contributed by atoms with Crippen molar-refractivity contribution in [1.29, 1.82) is 0 Å². The normalized spacial score (nSPS) is 11.2. The molecule has 0 atom stereocenters. The van der Waals surface area contributed by atoms with E-state index in [1.165, 1.54) is 0 Å². The monoisotopic (exact) mass is 291 g/mol. The number of nitrogens with zero attached hydrogens (tertiary/aromatic N) is 1. The highest BCUT2D eigenvalue weighted by molar-refractivity contribution is 6.30. The Bertz CT molecular complexity index is 591. The average Bonchev–Trinajstić information content (AvgIpc) is 2.98. The minimum Gasteiger partial charge on any atom is -0.484 e. The molecule has 1 heterocycles. The van der Waals surface area contributed by atoms with E-state index in [-0.39, 0.29) is 12.5 Å². The fourth-order valence-corrected chi connectivity index (χ4v) is 1.60. The van der Waals surface area contributed by atoms with Crippen LogP contribution in [0.2, 0.25) is 5.02 Å². The molecule has 2 aromatic rings. The predicted octanol–water partition coefficient (Wildman–Crippen LogP) is 2.59. The summed E-state index contributed by atoms with van der Waals surface area (Å²) in [7, 11) is 0. The van der Waals surface area contributed by atoms with Crippen LogP contribution in [-0.4, -0.2) is 23.2 Å². The molecular weight excluding hydrogens is 278 g/mol. The summed E-state index contributed by atoms with van der Waals surface area (Å²) < 4.78 is 5.30. The van der Waals surface area contributed by atoms with Gasteiger partial charge in [0.15, 0.2) is 6.61 Å². The van der Waals surface area contributed by atoms with E-state index in [1.54, 1.807) is 37.4 Å². The van der Waals surface area contributed by atoms with E-state index in [2.05, 4.69) is 15.5 Å². The molecule has 0 bridgehead atoms. The summed E-state index contributed by atoms with van der Waals surface area (Å²) in [4.78, 5) is 14.6. The molecule has 20 heavy (non-hydrogen) atoms. The summed E-state index contributed by atoms with van der Waals surface area (Å²) in [6, 6.07) is 10.5. The molecule has 2 N–H and O–H groups in total. The van der Waals surface area contributed by atoms with E-state index in [0.29, 0.717) is 16.5 Å². The van der Waals surface area contributed by atoms with Gasteiger partial charge in [0.25, 0.3) is 5.91 Å². The lowest BCUT2D eigenvalue weighted by molar-refractivity contribution is -0.123. The van der Waals surface area contributed by atoms with Gasteiger partial charge in [-0.25, -0.2) is 5.43 Å². The predicted molar refractivity (Wildman–Crippen MR) is 78.1 cm³/mol. The lowest BCUT2D eigenvalue weighted by atomic mass is 10.3. The molecule has 0 fully saturated rings. The Morgan fingerprint density at radius 2 is 2.10 bits per heavy atom. The first-order valence-electron chi connectivity index (χ1n) is 6.00. The Hall–Kier alpha value is -2.27. The van der Waals surface area contributed by atoms with E-state index < -0.39 is 0 Å². The highest BCUT2D eigenvalue weighted by atomic mass is 35.5. The number of aromatic nitrogens is 1. The molecule has 1 aromatic carbocycles. The smallest absolute Gasteiger partial charge is 0.277 e. The van der Waals surface area contributed by atoms with Gasteiger partial charge in [-0.2, -0.15) is 5.10 Å². The zero-order valence-corrected chi connectivity index (χ0v) is 11.6. The van der Waals surface area contributed by atoms with Gasteiger partial charge in [0.2, 0.25) is 0 Å². The van der Waals surface area contributed by atoms with Crippen molar-refractivity contribution in [1.82, 2.24) is 10.4 Å². The molecule has 0 saturated heterocycles. The molecule has 5 nitrogen and oxygen atoms in total. The summed E-state index contributed by atoms with van der Waals surface area (Å²) in [6.07, 6.45) is 1.79. The second-order valence-corrected chi connectivity index (χ2v) is 4.50. The summed E-state index contributed by atoms with van der Waals surface area (Å²) in [6.45, 7) is 1.69. The van der Waals surface area contributed by atoms with Gasteiger partial charge < -0.3 is 9.72 Å². The van der Waals surface area contributed by atoms with Crippen molar-refractivity contribution in [3.05, 3.63) is 53.3 Å². The van der Waals surface area contributed by atoms with Gasteiger partial charge in [0.1, 0.15) is 5.75 Å². The molecule has 0 radical (unpaired) electrons. The highest BCUT2D eigenvalue weighted by Crippen LogP contribution is 2.15. The maximum atomic E-state index is 11.6. The largest absolute Gasteiger partial charge is 0.484 e. The molecule has 1 amide bonds. The van der Waals surface area contributed by atoms with Gasteiger partial charge in [-0.3, -0.25) is 4.79 Å². The highest BCUT2D eigenvalue weighted by Gasteiger charge is 2.03.